The molecule has 0 spiro atoms. The predicted molar refractivity (Wildman–Crippen MR) is 94.1 cm³/mol. The standard InChI is InChI=1S/C18H21FN2O2S/c1-2-13(11-12-20)18(22)21-15-5-9-17(10-6-15)24(23)16-7-3-14(19)4-8-16/h2-4,7-8,11-12,15,17,20H,1,5-6,9-10H2,(H,21,22)/b13-11+,20-12?. The highest BCUT2D eigenvalue weighted by molar-refractivity contribution is 7.85. The van der Waals surface area contributed by atoms with E-state index in [2.05, 4.69) is 11.9 Å². The van der Waals surface area contributed by atoms with Crippen LogP contribution in [0.5, 0.6) is 0 Å². The monoisotopic (exact) mass is 348 g/mol. The molecule has 1 atom stereocenters. The van der Waals surface area contributed by atoms with E-state index in [9.17, 15) is 13.4 Å². The molecule has 0 saturated heterocycles. The van der Waals surface area contributed by atoms with E-state index >= 15 is 0 Å². The quantitative estimate of drug-likeness (QED) is 0.471. The van der Waals surface area contributed by atoms with E-state index in [1.165, 1.54) is 24.3 Å². The molecule has 1 aromatic rings. The molecule has 1 aliphatic rings. The molecule has 0 aromatic heterocycles. The fourth-order valence-corrected chi connectivity index (χ4v) is 4.27. The molecule has 1 unspecified atom stereocenters. The van der Waals surface area contributed by atoms with Gasteiger partial charge in [0.2, 0.25) is 0 Å². The van der Waals surface area contributed by atoms with Crippen molar-refractivity contribution in [3.05, 3.63) is 54.4 Å². The van der Waals surface area contributed by atoms with Gasteiger partial charge in [0.05, 0.1) is 10.8 Å². The molecule has 6 heteroatoms. The fourth-order valence-electron chi connectivity index (χ4n) is 2.78. The maximum Gasteiger partial charge on any atom is 0.251 e. The Labute approximate surface area is 143 Å². The molecule has 0 heterocycles. The van der Waals surface area contributed by atoms with E-state index in [4.69, 9.17) is 5.41 Å². The molecule has 1 saturated carbocycles. The number of amides is 1. The maximum absolute atomic E-state index is 12.9. The van der Waals surface area contributed by atoms with Crippen molar-refractivity contribution >= 4 is 22.9 Å². The van der Waals surface area contributed by atoms with Crippen molar-refractivity contribution in [1.82, 2.24) is 5.32 Å². The average Bonchev–Trinajstić information content (AvgIpc) is 2.60. The van der Waals surface area contributed by atoms with Gasteiger partial charge in [0.15, 0.2) is 0 Å². The number of benzene rings is 1. The third kappa shape index (κ3) is 4.71. The largest absolute Gasteiger partial charge is 0.349 e. The summed E-state index contributed by atoms with van der Waals surface area (Å²) in [7, 11) is -1.16. The number of hydrogen-bond donors (Lipinski definition) is 2. The molecule has 2 N–H and O–H groups in total. The van der Waals surface area contributed by atoms with Crippen LogP contribution in [0.25, 0.3) is 0 Å². The first-order valence-electron chi connectivity index (χ1n) is 7.85. The molecule has 4 nitrogen and oxygen atoms in total. The Hall–Kier alpha value is -2.08. The van der Waals surface area contributed by atoms with Crippen molar-refractivity contribution < 1.29 is 13.4 Å². The van der Waals surface area contributed by atoms with Crippen LogP contribution in [0.15, 0.2) is 53.5 Å². The van der Waals surface area contributed by atoms with E-state index in [1.807, 2.05) is 0 Å². The Balaban J connectivity index is 1.89. The van der Waals surface area contributed by atoms with Gasteiger partial charge in [0, 0.05) is 28.0 Å². The van der Waals surface area contributed by atoms with E-state index < -0.39 is 10.8 Å². The van der Waals surface area contributed by atoms with Gasteiger partial charge in [-0.15, -0.1) is 0 Å². The Morgan fingerprint density at radius 3 is 2.42 bits per heavy atom. The molecule has 0 aliphatic heterocycles. The minimum atomic E-state index is -1.16. The zero-order valence-corrected chi connectivity index (χ0v) is 14.2. The van der Waals surface area contributed by atoms with E-state index in [0.717, 1.165) is 31.9 Å². The second-order valence-corrected chi connectivity index (χ2v) is 7.42. The zero-order chi connectivity index (χ0) is 17.5. The average molecular weight is 348 g/mol. The lowest BCUT2D eigenvalue weighted by Crippen LogP contribution is -2.39. The summed E-state index contributed by atoms with van der Waals surface area (Å²) in [6.45, 7) is 3.57. The van der Waals surface area contributed by atoms with Crippen LogP contribution in [-0.2, 0) is 15.6 Å². The first kappa shape index (κ1) is 18.3. The zero-order valence-electron chi connectivity index (χ0n) is 13.3. The first-order chi connectivity index (χ1) is 11.5. The highest BCUT2D eigenvalue weighted by atomic mass is 32.2. The summed E-state index contributed by atoms with van der Waals surface area (Å²) >= 11 is 0. The van der Waals surface area contributed by atoms with Gasteiger partial charge in [-0.1, -0.05) is 12.7 Å². The summed E-state index contributed by atoms with van der Waals surface area (Å²) in [5.41, 5.74) is 0.363. The highest BCUT2D eigenvalue weighted by Crippen LogP contribution is 2.26. The van der Waals surface area contributed by atoms with Gasteiger partial charge >= 0.3 is 0 Å². The minimum absolute atomic E-state index is 0.0274. The summed E-state index contributed by atoms with van der Waals surface area (Å²) < 4.78 is 25.5. The van der Waals surface area contributed by atoms with Gasteiger partial charge in [-0.3, -0.25) is 9.00 Å². The number of carbonyl (C=O) groups is 1. The Kier molecular flexibility index (Phi) is 6.61. The number of halogens is 1. The van der Waals surface area contributed by atoms with E-state index in [-0.39, 0.29) is 23.0 Å². The normalized spacial score (nSPS) is 22.5. The number of allylic oxidation sites excluding steroid dienone is 1. The van der Waals surface area contributed by atoms with Crippen LogP contribution in [0.4, 0.5) is 4.39 Å². The summed E-state index contributed by atoms with van der Waals surface area (Å²) in [6, 6.07) is 5.82. The lowest BCUT2D eigenvalue weighted by Gasteiger charge is -2.28. The Bertz CT molecular complexity index is 662. The molecular formula is C18H21FN2O2S. The third-order valence-corrected chi connectivity index (χ3v) is 5.92. The summed E-state index contributed by atoms with van der Waals surface area (Å²) in [6.07, 6.45) is 6.86. The molecule has 1 aliphatic carbocycles. The van der Waals surface area contributed by atoms with Crippen molar-refractivity contribution in [3.63, 3.8) is 0 Å². The van der Waals surface area contributed by atoms with Gasteiger partial charge in [0.1, 0.15) is 5.82 Å². The van der Waals surface area contributed by atoms with Crippen LogP contribution in [0.1, 0.15) is 25.7 Å². The van der Waals surface area contributed by atoms with Crippen molar-refractivity contribution in [3.8, 4) is 0 Å². The molecule has 0 bridgehead atoms. The van der Waals surface area contributed by atoms with Gasteiger partial charge < -0.3 is 10.7 Å². The van der Waals surface area contributed by atoms with Gasteiger partial charge in [-0.25, -0.2) is 4.39 Å². The van der Waals surface area contributed by atoms with Crippen molar-refractivity contribution in [2.75, 3.05) is 0 Å². The van der Waals surface area contributed by atoms with Crippen LogP contribution in [0.3, 0.4) is 0 Å². The van der Waals surface area contributed by atoms with Crippen molar-refractivity contribution in [2.24, 2.45) is 0 Å². The first-order valence-corrected chi connectivity index (χ1v) is 9.06. The van der Waals surface area contributed by atoms with Crippen LogP contribution in [-0.4, -0.2) is 27.6 Å². The summed E-state index contributed by atoms with van der Waals surface area (Å²) in [4.78, 5) is 12.7. The van der Waals surface area contributed by atoms with Gasteiger partial charge in [0.25, 0.3) is 5.91 Å². The van der Waals surface area contributed by atoms with Crippen LogP contribution < -0.4 is 5.32 Å². The lowest BCUT2D eigenvalue weighted by atomic mass is 9.94. The van der Waals surface area contributed by atoms with E-state index in [1.54, 1.807) is 12.1 Å². The van der Waals surface area contributed by atoms with Gasteiger partial charge in [-0.05, 0) is 56.0 Å². The fraction of sp³-hybridized carbons (Fsp3) is 0.333. The topological polar surface area (TPSA) is 70.0 Å². The second-order valence-electron chi connectivity index (χ2n) is 5.69. The minimum Gasteiger partial charge on any atom is -0.349 e. The number of carbonyl (C=O) groups excluding carboxylic acids is 1. The summed E-state index contributed by atoms with van der Waals surface area (Å²) in [5.74, 6) is -0.574. The van der Waals surface area contributed by atoms with Crippen LogP contribution >= 0.6 is 0 Å². The molecular weight excluding hydrogens is 327 g/mol. The third-order valence-electron chi connectivity index (χ3n) is 4.10. The number of hydrogen-bond acceptors (Lipinski definition) is 3. The maximum atomic E-state index is 12.9. The van der Waals surface area contributed by atoms with E-state index in [0.29, 0.717) is 10.5 Å². The molecule has 1 amide bonds. The Morgan fingerprint density at radius 2 is 1.88 bits per heavy atom. The summed E-state index contributed by atoms with van der Waals surface area (Å²) in [5, 5.41) is 9.99. The molecule has 2 rings (SSSR count). The number of rotatable bonds is 6. The molecule has 24 heavy (non-hydrogen) atoms. The Morgan fingerprint density at radius 1 is 1.25 bits per heavy atom. The number of nitrogens with one attached hydrogen (secondary N) is 2. The molecule has 0 radical (unpaired) electrons. The highest BCUT2D eigenvalue weighted by Gasteiger charge is 2.27. The van der Waals surface area contributed by atoms with Crippen LogP contribution in [0.2, 0.25) is 0 Å². The smallest absolute Gasteiger partial charge is 0.251 e. The second kappa shape index (κ2) is 8.68. The molecule has 1 aromatic carbocycles. The lowest BCUT2D eigenvalue weighted by molar-refractivity contribution is -0.118. The van der Waals surface area contributed by atoms with Crippen LogP contribution in [0, 0.1) is 11.2 Å². The molecule has 128 valence electrons. The predicted octanol–water partition coefficient (Wildman–Crippen LogP) is 3.12. The SMILES string of the molecule is C=C/C(=C\C=N)C(=O)NC1CCC(S(=O)c2ccc(F)cc2)CC1. The van der Waals surface area contributed by atoms with Crippen molar-refractivity contribution in [1.29, 1.82) is 5.41 Å². The molecule has 1 fully saturated rings. The van der Waals surface area contributed by atoms with Crippen molar-refractivity contribution in [2.45, 2.75) is 41.9 Å². The van der Waals surface area contributed by atoms with Gasteiger partial charge in [-0.2, -0.15) is 0 Å².